The minimum absolute atomic E-state index is 0.376. The lowest BCUT2D eigenvalue weighted by Crippen LogP contribution is -1.84. The molecular weight excluding hydrogens is 227 g/mol. The van der Waals surface area contributed by atoms with Crippen molar-refractivity contribution in [3.8, 4) is 16.9 Å². The molecule has 0 aliphatic rings. The molecule has 0 bridgehead atoms. The summed E-state index contributed by atoms with van der Waals surface area (Å²) in [6, 6.07) is 10.6. The van der Waals surface area contributed by atoms with Crippen molar-refractivity contribution in [1.82, 2.24) is 0 Å². The monoisotopic (exact) mass is 235 g/mol. The summed E-state index contributed by atoms with van der Waals surface area (Å²) in [5.41, 5.74) is 2.26. The smallest absolute Gasteiger partial charge is 0.164 e. The normalized spacial score (nSPS) is 10.4. The highest BCUT2D eigenvalue weighted by molar-refractivity contribution is 6.34. The minimum Gasteiger partial charge on any atom is -0.505 e. The van der Waals surface area contributed by atoms with Crippen LogP contribution in [0.25, 0.3) is 11.1 Å². The maximum Gasteiger partial charge on any atom is 0.164 e. The van der Waals surface area contributed by atoms with E-state index in [0.717, 1.165) is 11.1 Å². The first-order valence-corrected chi connectivity index (χ1v) is 5.13. The molecule has 0 saturated heterocycles. The van der Waals surface area contributed by atoms with Gasteiger partial charge in [-0.2, -0.15) is 0 Å². The molecule has 2 aromatic carbocycles. The van der Waals surface area contributed by atoms with E-state index >= 15 is 0 Å². The summed E-state index contributed by atoms with van der Waals surface area (Å²) in [7, 11) is 0. The van der Waals surface area contributed by atoms with Gasteiger partial charge in [-0.15, -0.1) is 0 Å². The van der Waals surface area contributed by atoms with Gasteiger partial charge in [0.05, 0.1) is 5.02 Å². The Kier molecular flexibility index (Phi) is 2.84. The number of benzene rings is 2. The van der Waals surface area contributed by atoms with Crippen LogP contribution in [0.15, 0.2) is 30.3 Å². The first kappa shape index (κ1) is 11.0. The van der Waals surface area contributed by atoms with Crippen LogP contribution < -0.4 is 0 Å². The molecule has 2 rings (SSSR count). The van der Waals surface area contributed by atoms with E-state index in [1.54, 1.807) is 18.2 Å². The lowest BCUT2D eigenvalue weighted by atomic mass is 10.0. The molecule has 0 fully saturated rings. The third-order valence-corrected chi connectivity index (χ3v) is 2.86. The molecular formula is C13H9ClFO. The van der Waals surface area contributed by atoms with Crippen molar-refractivity contribution in [1.29, 1.82) is 0 Å². The van der Waals surface area contributed by atoms with Gasteiger partial charge >= 0.3 is 0 Å². The molecule has 0 unspecified atom stereocenters. The van der Waals surface area contributed by atoms with Crippen LogP contribution in [0.5, 0.6) is 5.75 Å². The fourth-order valence-corrected chi connectivity index (χ4v) is 1.72. The number of phenols is 1. The Morgan fingerprint density at radius 3 is 2.75 bits per heavy atom. The van der Waals surface area contributed by atoms with Gasteiger partial charge in [-0.1, -0.05) is 29.8 Å². The SMILES string of the molecule is Cc1[c]ccc(-c2ccc(F)c(O)c2)c1Cl. The van der Waals surface area contributed by atoms with Crippen molar-refractivity contribution in [2.24, 2.45) is 0 Å². The van der Waals surface area contributed by atoms with Crippen LogP contribution in [0.1, 0.15) is 5.56 Å². The van der Waals surface area contributed by atoms with Crippen LogP contribution in [0.2, 0.25) is 5.02 Å². The van der Waals surface area contributed by atoms with Gasteiger partial charge in [0, 0.05) is 5.56 Å². The Labute approximate surface area is 98.1 Å². The first-order valence-electron chi connectivity index (χ1n) is 4.75. The van der Waals surface area contributed by atoms with Gasteiger partial charge in [-0.05, 0) is 36.2 Å². The van der Waals surface area contributed by atoms with Crippen molar-refractivity contribution >= 4 is 11.6 Å². The van der Waals surface area contributed by atoms with Gasteiger partial charge in [-0.25, -0.2) is 4.39 Å². The summed E-state index contributed by atoms with van der Waals surface area (Å²) in [5, 5.41) is 9.86. The van der Waals surface area contributed by atoms with E-state index in [-0.39, 0.29) is 5.75 Å². The third-order valence-electron chi connectivity index (χ3n) is 2.37. The van der Waals surface area contributed by atoms with Crippen LogP contribution >= 0.6 is 11.6 Å². The first-order chi connectivity index (χ1) is 7.59. The second-order valence-corrected chi connectivity index (χ2v) is 3.87. The largest absolute Gasteiger partial charge is 0.505 e. The van der Waals surface area contributed by atoms with E-state index in [2.05, 4.69) is 6.07 Å². The maximum absolute atomic E-state index is 12.9. The highest BCUT2D eigenvalue weighted by Crippen LogP contribution is 2.32. The zero-order chi connectivity index (χ0) is 11.7. The fraction of sp³-hybridized carbons (Fsp3) is 0.0769. The number of halogens is 2. The zero-order valence-electron chi connectivity index (χ0n) is 8.59. The van der Waals surface area contributed by atoms with Gasteiger partial charge in [0.1, 0.15) is 0 Å². The van der Waals surface area contributed by atoms with Gasteiger partial charge < -0.3 is 5.11 Å². The van der Waals surface area contributed by atoms with Crippen molar-refractivity contribution in [2.75, 3.05) is 0 Å². The molecule has 1 nitrogen and oxygen atoms in total. The molecule has 0 aliphatic heterocycles. The second-order valence-electron chi connectivity index (χ2n) is 3.50. The van der Waals surface area contributed by atoms with Crippen molar-refractivity contribution in [3.63, 3.8) is 0 Å². The second kappa shape index (κ2) is 4.14. The van der Waals surface area contributed by atoms with Gasteiger partial charge in [0.15, 0.2) is 11.6 Å². The molecule has 0 saturated carbocycles. The van der Waals surface area contributed by atoms with Crippen LogP contribution in [0.3, 0.4) is 0 Å². The van der Waals surface area contributed by atoms with E-state index in [1.165, 1.54) is 12.1 Å². The minimum atomic E-state index is -0.640. The summed E-state index contributed by atoms with van der Waals surface area (Å²) in [6.45, 7) is 1.84. The zero-order valence-corrected chi connectivity index (χ0v) is 9.35. The molecule has 0 amide bonds. The number of phenolic OH excluding ortho intramolecular Hbond substituents is 1. The molecule has 0 spiro atoms. The summed E-state index contributed by atoms with van der Waals surface area (Å²) in [6.07, 6.45) is 0. The summed E-state index contributed by atoms with van der Waals surface area (Å²) in [5.74, 6) is -1.02. The average Bonchev–Trinajstić information content (AvgIpc) is 2.26. The molecule has 1 N–H and O–H groups in total. The number of aromatic hydroxyl groups is 1. The lowest BCUT2D eigenvalue weighted by Gasteiger charge is -2.07. The van der Waals surface area contributed by atoms with Crippen molar-refractivity contribution in [2.45, 2.75) is 6.92 Å². The predicted molar refractivity (Wildman–Crippen MR) is 62.1 cm³/mol. The molecule has 0 aliphatic carbocycles. The summed E-state index contributed by atoms with van der Waals surface area (Å²) in [4.78, 5) is 0. The molecule has 0 heterocycles. The fourth-order valence-electron chi connectivity index (χ4n) is 1.49. The average molecular weight is 236 g/mol. The number of hydrogen-bond donors (Lipinski definition) is 1. The quantitative estimate of drug-likeness (QED) is 0.793. The Morgan fingerprint density at radius 1 is 1.31 bits per heavy atom. The van der Waals surface area contributed by atoms with Crippen molar-refractivity contribution in [3.05, 3.63) is 52.8 Å². The Hall–Kier alpha value is -1.54. The highest BCUT2D eigenvalue weighted by Gasteiger charge is 2.08. The van der Waals surface area contributed by atoms with Crippen LogP contribution in [-0.2, 0) is 0 Å². The standard InChI is InChI=1S/C13H9ClFO/c1-8-3-2-4-10(13(8)14)9-5-6-11(15)12(16)7-9/h2,4-7,16H,1H3. The Balaban J connectivity index is 2.59. The summed E-state index contributed by atoms with van der Waals surface area (Å²) >= 11 is 6.11. The van der Waals surface area contributed by atoms with Crippen LogP contribution in [0, 0.1) is 18.8 Å². The van der Waals surface area contributed by atoms with Gasteiger partial charge in [-0.3, -0.25) is 0 Å². The number of hydrogen-bond acceptors (Lipinski definition) is 1. The number of rotatable bonds is 1. The van der Waals surface area contributed by atoms with E-state index in [9.17, 15) is 9.50 Å². The highest BCUT2D eigenvalue weighted by atomic mass is 35.5. The van der Waals surface area contributed by atoms with Crippen molar-refractivity contribution < 1.29 is 9.50 Å². The molecule has 81 valence electrons. The topological polar surface area (TPSA) is 20.2 Å². The maximum atomic E-state index is 12.9. The summed E-state index contributed by atoms with van der Waals surface area (Å²) < 4.78 is 12.9. The molecule has 1 radical (unpaired) electrons. The number of aryl methyl sites for hydroxylation is 1. The molecule has 0 aromatic heterocycles. The molecule has 3 heteroatoms. The Bertz CT molecular complexity index is 537. The van der Waals surface area contributed by atoms with E-state index in [4.69, 9.17) is 11.6 Å². The van der Waals surface area contributed by atoms with E-state index in [0.29, 0.717) is 10.6 Å². The lowest BCUT2D eigenvalue weighted by molar-refractivity contribution is 0.433. The van der Waals surface area contributed by atoms with Crippen LogP contribution in [0.4, 0.5) is 4.39 Å². The van der Waals surface area contributed by atoms with Gasteiger partial charge in [0.2, 0.25) is 0 Å². The van der Waals surface area contributed by atoms with E-state index in [1.807, 2.05) is 6.92 Å². The molecule has 0 atom stereocenters. The molecule has 16 heavy (non-hydrogen) atoms. The van der Waals surface area contributed by atoms with Crippen LogP contribution in [-0.4, -0.2) is 5.11 Å². The predicted octanol–water partition coefficient (Wildman–Crippen LogP) is 3.96. The van der Waals surface area contributed by atoms with Gasteiger partial charge in [0.25, 0.3) is 0 Å². The Morgan fingerprint density at radius 2 is 2.06 bits per heavy atom. The molecule has 2 aromatic rings. The van der Waals surface area contributed by atoms with E-state index < -0.39 is 5.82 Å². The third kappa shape index (κ3) is 1.89.